The third-order valence-corrected chi connectivity index (χ3v) is 7.77. The van der Waals surface area contributed by atoms with Gasteiger partial charge in [-0.1, -0.05) is 109 Å². The Balaban J connectivity index is 1.48. The van der Waals surface area contributed by atoms with Crippen LogP contribution in [0.25, 0.3) is 70.9 Å². The average Bonchev–Trinajstić information content (AvgIpc) is 3.31. The number of hydrogen-bond donors (Lipinski definition) is 0. The summed E-state index contributed by atoms with van der Waals surface area (Å²) in [6.45, 7) is 0. The van der Waals surface area contributed by atoms with E-state index in [1.54, 1.807) is 0 Å². The van der Waals surface area contributed by atoms with Crippen molar-refractivity contribution in [3.63, 3.8) is 0 Å². The van der Waals surface area contributed by atoms with Crippen LogP contribution in [0.15, 0.2) is 140 Å². The van der Waals surface area contributed by atoms with Gasteiger partial charge in [-0.05, 0) is 73.8 Å². The number of para-hydroxylation sites is 2. The van der Waals surface area contributed by atoms with Crippen LogP contribution in [0.4, 0.5) is 0 Å². The second kappa shape index (κ2) is 7.81. The van der Waals surface area contributed by atoms with Crippen LogP contribution >= 0.6 is 0 Å². The minimum absolute atomic E-state index is 1.18. The van der Waals surface area contributed by atoms with Crippen molar-refractivity contribution in [3.05, 3.63) is 140 Å². The molecule has 8 rings (SSSR count). The van der Waals surface area contributed by atoms with Gasteiger partial charge >= 0.3 is 0 Å². The van der Waals surface area contributed by atoms with Crippen LogP contribution in [0, 0.1) is 0 Å². The summed E-state index contributed by atoms with van der Waals surface area (Å²) in [6.07, 6.45) is 0. The highest BCUT2D eigenvalue weighted by molar-refractivity contribution is 6.28. The summed E-state index contributed by atoms with van der Waals surface area (Å²) in [5.41, 5.74) is 6.17. The molecule has 0 bridgehead atoms. The molecule has 1 aromatic heterocycles. The normalized spacial score (nSPS) is 11.8. The second-order valence-electron chi connectivity index (χ2n) is 9.74. The van der Waals surface area contributed by atoms with Gasteiger partial charge in [0.2, 0.25) is 0 Å². The number of fused-ring (bicyclic) bond motifs is 9. The standard InChI is InChI=1S/C36H23N/c1-2-11-25(12-3-1)37-34-20-9-8-16-30(34)33-23-24(21-22-35(33)37)26-18-10-19-32-29-14-5-4-13-27(29)28-15-6-7-17-31(28)36(26)32/h1-23H. The lowest BCUT2D eigenvalue weighted by atomic mass is 9.89. The molecule has 0 radical (unpaired) electrons. The molecule has 0 atom stereocenters. The highest BCUT2D eigenvalue weighted by Crippen LogP contribution is 2.41. The van der Waals surface area contributed by atoms with E-state index in [0.29, 0.717) is 0 Å². The Kier molecular flexibility index (Phi) is 4.29. The lowest BCUT2D eigenvalue weighted by Crippen LogP contribution is -1.93. The molecular weight excluding hydrogens is 446 g/mol. The third-order valence-electron chi connectivity index (χ3n) is 7.77. The van der Waals surface area contributed by atoms with E-state index in [-0.39, 0.29) is 0 Å². The van der Waals surface area contributed by atoms with E-state index < -0.39 is 0 Å². The van der Waals surface area contributed by atoms with E-state index in [0.717, 1.165) is 0 Å². The molecule has 1 heterocycles. The summed E-state index contributed by atoms with van der Waals surface area (Å²) in [5, 5.41) is 10.4. The van der Waals surface area contributed by atoms with Gasteiger partial charge in [-0.25, -0.2) is 0 Å². The lowest BCUT2D eigenvalue weighted by molar-refractivity contribution is 1.18. The Morgan fingerprint density at radius 1 is 0.351 bits per heavy atom. The highest BCUT2D eigenvalue weighted by Gasteiger charge is 2.16. The zero-order valence-corrected chi connectivity index (χ0v) is 20.2. The summed E-state index contributed by atoms with van der Waals surface area (Å²) < 4.78 is 2.38. The summed E-state index contributed by atoms with van der Waals surface area (Å²) in [5.74, 6) is 0. The number of benzene rings is 7. The monoisotopic (exact) mass is 469 g/mol. The molecule has 0 aliphatic rings. The van der Waals surface area contributed by atoms with Crippen molar-refractivity contribution < 1.29 is 0 Å². The van der Waals surface area contributed by atoms with E-state index >= 15 is 0 Å². The van der Waals surface area contributed by atoms with Gasteiger partial charge in [-0.2, -0.15) is 0 Å². The fraction of sp³-hybridized carbons (Fsp3) is 0. The zero-order valence-electron chi connectivity index (χ0n) is 20.2. The van der Waals surface area contributed by atoms with Crippen molar-refractivity contribution in [1.29, 1.82) is 0 Å². The molecule has 0 aliphatic carbocycles. The van der Waals surface area contributed by atoms with Crippen molar-refractivity contribution in [2.45, 2.75) is 0 Å². The van der Waals surface area contributed by atoms with Crippen molar-refractivity contribution in [2.75, 3.05) is 0 Å². The minimum Gasteiger partial charge on any atom is -0.309 e. The predicted molar refractivity (Wildman–Crippen MR) is 159 cm³/mol. The van der Waals surface area contributed by atoms with E-state index in [9.17, 15) is 0 Å². The molecule has 0 unspecified atom stereocenters. The van der Waals surface area contributed by atoms with Crippen molar-refractivity contribution in [2.24, 2.45) is 0 Å². The Hall–Kier alpha value is -4.88. The fourth-order valence-electron chi connectivity index (χ4n) is 6.19. The Bertz CT molecular complexity index is 2090. The largest absolute Gasteiger partial charge is 0.309 e. The van der Waals surface area contributed by atoms with Gasteiger partial charge in [0, 0.05) is 16.5 Å². The first-order valence-electron chi connectivity index (χ1n) is 12.8. The van der Waals surface area contributed by atoms with Crippen molar-refractivity contribution >= 4 is 54.1 Å². The first-order valence-corrected chi connectivity index (χ1v) is 12.8. The number of aromatic nitrogens is 1. The van der Waals surface area contributed by atoms with Crippen LogP contribution < -0.4 is 0 Å². The predicted octanol–water partition coefficient (Wildman–Crippen LogP) is 9.91. The molecule has 0 aliphatic heterocycles. The molecular formula is C36H23N. The first kappa shape index (κ1) is 20.3. The van der Waals surface area contributed by atoms with Crippen LogP contribution in [0.1, 0.15) is 0 Å². The maximum absolute atomic E-state index is 2.38. The van der Waals surface area contributed by atoms with E-state index in [4.69, 9.17) is 0 Å². The molecule has 0 fully saturated rings. The molecule has 172 valence electrons. The molecule has 37 heavy (non-hydrogen) atoms. The number of rotatable bonds is 2. The number of nitrogens with zero attached hydrogens (tertiary/aromatic N) is 1. The third kappa shape index (κ3) is 2.92. The van der Waals surface area contributed by atoms with Crippen LogP contribution in [0.3, 0.4) is 0 Å². The molecule has 8 aromatic rings. The first-order chi connectivity index (χ1) is 18.4. The zero-order chi connectivity index (χ0) is 24.3. The van der Waals surface area contributed by atoms with Crippen LogP contribution in [-0.2, 0) is 0 Å². The van der Waals surface area contributed by atoms with Gasteiger partial charge in [0.25, 0.3) is 0 Å². The van der Waals surface area contributed by atoms with Crippen LogP contribution in [-0.4, -0.2) is 4.57 Å². The second-order valence-corrected chi connectivity index (χ2v) is 9.74. The molecule has 1 nitrogen and oxygen atoms in total. The molecule has 0 N–H and O–H groups in total. The van der Waals surface area contributed by atoms with Gasteiger partial charge in [0.1, 0.15) is 0 Å². The summed E-state index contributed by atoms with van der Waals surface area (Å²) in [7, 11) is 0. The van der Waals surface area contributed by atoms with Gasteiger partial charge in [0.15, 0.2) is 0 Å². The minimum atomic E-state index is 1.18. The molecule has 0 saturated heterocycles. The maximum Gasteiger partial charge on any atom is 0.0541 e. The van der Waals surface area contributed by atoms with Crippen molar-refractivity contribution in [1.82, 2.24) is 4.57 Å². The van der Waals surface area contributed by atoms with Crippen LogP contribution in [0.5, 0.6) is 0 Å². The Morgan fingerprint density at radius 2 is 0.892 bits per heavy atom. The van der Waals surface area contributed by atoms with Gasteiger partial charge in [-0.15, -0.1) is 0 Å². The topological polar surface area (TPSA) is 4.93 Å². The smallest absolute Gasteiger partial charge is 0.0541 e. The fourth-order valence-corrected chi connectivity index (χ4v) is 6.19. The molecule has 0 spiro atoms. The SMILES string of the molecule is c1ccc(-n2c3ccccc3c3cc(-c4cccc5c6ccccc6c6ccccc6c45)ccc32)cc1. The van der Waals surface area contributed by atoms with Gasteiger partial charge in [0.05, 0.1) is 11.0 Å². The molecule has 7 aromatic carbocycles. The Labute approximate surface area is 214 Å². The number of hydrogen-bond acceptors (Lipinski definition) is 0. The van der Waals surface area contributed by atoms with Gasteiger partial charge < -0.3 is 4.57 Å². The van der Waals surface area contributed by atoms with E-state index in [1.807, 2.05) is 0 Å². The van der Waals surface area contributed by atoms with Gasteiger partial charge in [-0.3, -0.25) is 0 Å². The van der Waals surface area contributed by atoms with Crippen molar-refractivity contribution in [3.8, 4) is 16.8 Å². The summed E-state index contributed by atoms with van der Waals surface area (Å²) in [6, 6.07) is 50.7. The lowest BCUT2D eigenvalue weighted by Gasteiger charge is -2.14. The summed E-state index contributed by atoms with van der Waals surface area (Å²) in [4.78, 5) is 0. The summed E-state index contributed by atoms with van der Waals surface area (Å²) >= 11 is 0. The van der Waals surface area contributed by atoms with E-state index in [2.05, 4.69) is 144 Å². The maximum atomic E-state index is 2.38. The van der Waals surface area contributed by atoms with Crippen LogP contribution in [0.2, 0.25) is 0 Å². The Morgan fingerprint density at radius 3 is 1.62 bits per heavy atom. The molecule has 1 heteroatoms. The highest BCUT2D eigenvalue weighted by atomic mass is 15.0. The molecule has 0 amide bonds. The average molecular weight is 470 g/mol. The molecule has 0 saturated carbocycles. The van der Waals surface area contributed by atoms with E-state index in [1.165, 1.54) is 70.9 Å². The quantitative estimate of drug-likeness (QED) is 0.222.